The molecule has 0 aliphatic heterocycles. The van der Waals surface area contributed by atoms with E-state index >= 15 is 0 Å². The fraction of sp³-hybridized carbons (Fsp3) is 0.120. The third-order valence-electron chi connectivity index (χ3n) is 5.16. The molecular formula is C25H21BrClFN4O4S. The van der Waals surface area contributed by atoms with E-state index in [4.69, 9.17) is 16.3 Å². The average molecular weight is 608 g/mol. The number of para-hydroxylation sites is 1. The third-order valence-corrected chi connectivity index (χ3v) is 7.74. The second kappa shape index (κ2) is 11.9. The van der Waals surface area contributed by atoms with Gasteiger partial charge in [-0.05, 0) is 64.8 Å². The number of sulfonamides is 1. The minimum atomic E-state index is -3.95. The zero-order valence-electron chi connectivity index (χ0n) is 19.2. The summed E-state index contributed by atoms with van der Waals surface area (Å²) in [5, 5.41) is 2.60. The molecule has 4 rings (SSSR count). The van der Waals surface area contributed by atoms with Crippen LogP contribution in [0.5, 0.6) is 5.75 Å². The van der Waals surface area contributed by atoms with Crippen molar-refractivity contribution in [2.24, 2.45) is 0 Å². The molecule has 1 amide bonds. The van der Waals surface area contributed by atoms with Gasteiger partial charge >= 0.3 is 6.09 Å². The predicted molar refractivity (Wildman–Crippen MR) is 142 cm³/mol. The number of hydrogen-bond donors (Lipinski definition) is 3. The lowest BCUT2D eigenvalue weighted by molar-refractivity contribution is 0.200. The van der Waals surface area contributed by atoms with Crippen molar-refractivity contribution in [1.29, 1.82) is 0 Å². The molecule has 192 valence electrons. The number of nitrogens with zero attached hydrogens (tertiary/aromatic N) is 1. The van der Waals surface area contributed by atoms with Crippen molar-refractivity contribution in [2.75, 3.05) is 13.1 Å². The zero-order valence-corrected chi connectivity index (χ0v) is 22.3. The van der Waals surface area contributed by atoms with Crippen LogP contribution in [0.15, 0.2) is 82.3 Å². The molecule has 12 heteroatoms. The third kappa shape index (κ3) is 6.95. The monoisotopic (exact) mass is 606 g/mol. The van der Waals surface area contributed by atoms with Gasteiger partial charge in [-0.1, -0.05) is 35.9 Å². The number of imidazole rings is 1. The van der Waals surface area contributed by atoms with Crippen LogP contribution >= 0.6 is 27.5 Å². The van der Waals surface area contributed by atoms with Crippen molar-refractivity contribution in [3.05, 3.63) is 88.2 Å². The number of carbonyl (C=O) groups is 1. The van der Waals surface area contributed by atoms with Gasteiger partial charge in [-0.15, -0.1) is 0 Å². The van der Waals surface area contributed by atoms with Gasteiger partial charge in [0.25, 0.3) is 0 Å². The van der Waals surface area contributed by atoms with Crippen LogP contribution in [-0.4, -0.2) is 37.6 Å². The Morgan fingerprint density at radius 1 is 1.05 bits per heavy atom. The molecule has 3 aromatic carbocycles. The van der Waals surface area contributed by atoms with E-state index in [9.17, 15) is 17.6 Å². The Kier molecular flexibility index (Phi) is 8.59. The number of amides is 1. The lowest BCUT2D eigenvalue weighted by Gasteiger charge is -2.10. The maximum atomic E-state index is 13.9. The summed E-state index contributed by atoms with van der Waals surface area (Å²) in [5.74, 6) is 0.381. The Balaban J connectivity index is 1.37. The average Bonchev–Trinajstić information content (AvgIpc) is 3.36. The van der Waals surface area contributed by atoms with Gasteiger partial charge in [0.15, 0.2) is 0 Å². The second-order valence-corrected chi connectivity index (χ2v) is 10.8. The van der Waals surface area contributed by atoms with Crippen molar-refractivity contribution in [3.8, 4) is 28.4 Å². The highest BCUT2D eigenvalue weighted by atomic mass is 79.9. The SMILES string of the molecule is O=C(NCCCNS(=O)(=O)c1cc(-c2nc(-c3ccc(Br)c(F)c3)c[nH]2)ccc1Cl)Oc1ccccc1. The lowest BCUT2D eigenvalue weighted by atomic mass is 10.2. The van der Waals surface area contributed by atoms with E-state index < -0.39 is 21.9 Å². The summed E-state index contributed by atoms with van der Waals surface area (Å²) in [5.41, 5.74) is 1.55. The smallest absolute Gasteiger partial charge is 0.410 e. The second-order valence-electron chi connectivity index (χ2n) is 7.79. The van der Waals surface area contributed by atoms with Gasteiger partial charge in [0.2, 0.25) is 10.0 Å². The first-order valence-electron chi connectivity index (χ1n) is 11.0. The molecule has 0 aliphatic rings. The van der Waals surface area contributed by atoms with E-state index in [1.54, 1.807) is 54.7 Å². The van der Waals surface area contributed by atoms with Gasteiger partial charge in [0.05, 0.1) is 15.2 Å². The zero-order chi connectivity index (χ0) is 26.4. The van der Waals surface area contributed by atoms with Crippen LogP contribution < -0.4 is 14.8 Å². The highest BCUT2D eigenvalue weighted by Gasteiger charge is 2.19. The molecule has 4 aromatic rings. The fourth-order valence-corrected chi connectivity index (χ4v) is 5.17. The molecule has 0 aliphatic carbocycles. The quantitative estimate of drug-likeness (QED) is 0.210. The summed E-state index contributed by atoms with van der Waals surface area (Å²) in [7, 11) is -3.95. The number of nitrogens with one attached hydrogen (secondary N) is 3. The van der Waals surface area contributed by atoms with E-state index in [1.807, 2.05) is 0 Å². The summed E-state index contributed by atoms with van der Waals surface area (Å²) in [6.45, 7) is 0.266. The molecule has 0 bridgehead atoms. The van der Waals surface area contributed by atoms with Crippen molar-refractivity contribution in [1.82, 2.24) is 20.0 Å². The van der Waals surface area contributed by atoms with Gasteiger partial charge in [-0.2, -0.15) is 0 Å². The van der Waals surface area contributed by atoms with Gasteiger partial charge in [-0.3, -0.25) is 0 Å². The normalized spacial score (nSPS) is 11.3. The summed E-state index contributed by atoms with van der Waals surface area (Å²) in [6, 6.07) is 17.7. The molecule has 1 heterocycles. The van der Waals surface area contributed by atoms with Gasteiger partial charge < -0.3 is 15.0 Å². The molecular weight excluding hydrogens is 587 g/mol. The number of hydrogen-bond acceptors (Lipinski definition) is 5. The van der Waals surface area contributed by atoms with E-state index in [2.05, 4.69) is 35.9 Å². The summed E-state index contributed by atoms with van der Waals surface area (Å²) < 4.78 is 47.6. The van der Waals surface area contributed by atoms with Crippen molar-refractivity contribution >= 4 is 43.6 Å². The van der Waals surface area contributed by atoms with Crippen LogP contribution in [-0.2, 0) is 10.0 Å². The van der Waals surface area contributed by atoms with Crippen molar-refractivity contribution < 1.29 is 22.3 Å². The standard InChI is InChI=1S/C25H21BrClFN4O4S/c26-19-9-7-16(13-21(19)28)22-15-30-24(32-22)17-8-10-20(27)23(14-17)37(34,35)31-12-4-11-29-25(33)36-18-5-2-1-3-6-18/h1-3,5-10,13-15,31H,4,11-12H2,(H,29,33)(H,30,32). The van der Waals surface area contributed by atoms with Gasteiger partial charge in [-0.25, -0.2) is 27.3 Å². The van der Waals surface area contributed by atoms with E-state index in [1.165, 1.54) is 18.2 Å². The number of aromatic nitrogens is 2. The molecule has 0 unspecified atom stereocenters. The van der Waals surface area contributed by atoms with Crippen molar-refractivity contribution in [2.45, 2.75) is 11.3 Å². The Hall–Kier alpha value is -3.25. The van der Waals surface area contributed by atoms with Crippen LogP contribution in [0, 0.1) is 5.82 Å². The molecule has 0 saturated carbocycles. The number of aromatic amines is 1. The largest absolute Gasteiger partial charge is 0.412 e. The van der Waals surface area contributed by atoms with Gasteiger partial charge in [0, 0.05) is 30.4 Å². The van der Waals surface area contributed by atoms with Crippen LogP contribution in [0.25, 0.3) is 22.6 Å². The minimum absolute atomic E-state index is 0.0441. The molecule has 0 radical (unpaired) electrons. The van der Waals surface area contributed by atoms with E-state index in [0.29, 0.717) is 39.3 Å². The number of rotatable bonds is 9. The Labute approximate surface area is 226 Å². The Bertz CT molecular complexity index is 1520. The van der Waals surface area contributed by atoms with Gasteiger partial charge in [0.1, 0.15) is 22.3 Å². The van der Waals surface area contributed by atoms with Crippen LogP contribution in [0.3, 0.4) is 0 Å². The highest BCUT2D eigenvalue weighted by Crippen LogP contribution is 2.29. The summed E-state index contributed by atoms with van der Waals surface area (Å²) >= 11 is 9.31. The molecule has 0 spiro atoms. The first-order chi connectivity index (χ1) is 17.7. The number of carbonyl (C=O) groups excluding carboxylic acids is 1. The van der Waals surface area contributed by atoms with E-state index in [0.717, 1.165) is 0 Å². The highest BCUT2D eigenvalue weighted by molar-refractivity contribution is 9.10. The van der Waals surface area contributed by atoms with Crippen molar-refractivity contribution in [3.63, 3.8) is 0 Å². The first-order valence-corrected chi connectivity index (χ1v) is 13.7. The fourth-order valence-electron chi connectivity index (χ4n) is 3.32. The molecule has 0 saturated heterocycles. The first kappa shape index (κ1) is 26.8. The molecule has 0 fully saturated rings. The molecule has 1 aromatic heterocycles. The maximum absolute atomic E-state index is 13.9. The Morgan fingerprint density at radius 2 is 1.81 bits per heavy atom. The van der Waals surface area contributed by atoms with Crippen LogP contribution in [0.2, 0.25) is 5.02 Å². The molecule has 8 nitrogen and oxygen atoms in total. The minimum Gasteiger partial charge on any atom is -0.410 e. The number of benzene rings is 3. The summed E-state index contributed by atoms with van der Waals surface area (Å²) in [4.78, 5) is 19.1. The predicted octanol–water partition coefficient (Wildman–Crippen LogP) is 5.76. The number of halogens is 3. The molecule has 3 N–H and O–H groups in total. The lowest BCUT2D eigenvalue weighted by Crippen LogP contribution is -2.31. The maximum Gasteiger partial charge on any atom is 0.412 e. The van der Waals surface area contributed by atoms with Crippen LogP contribution in [0.1, 0.15) is 6.42 Å². The number of H-pyrrole nitrogens is 1. The number of ether oxygens (including phenoxy) is 1. The Morgan fingerprint density at radius 3 is 2.57 bits per heavy atom. The van der Waals surface area contributed by atoms with E-state index in [-0.39, 0.29) is 23.0 Å². The topological polar surface area (TPSA) is 113 Å². The molecule has 0 atom stereocenters. The summed E-state index contributed by atoms with van der Waals surface area (Å²) in [6.07, 6.45) is 1.30. The molecule has 37 heavy (non-hydrogen) atoms. The van der Waals surface area contributed by atoms with Crippen LogP contribution in [0.4, 0.5) is 9.18 Å².